The Kier molecular flexibility index (Phi) is 3.94. The first-order valence-corrected chi connectivity index (χ1v) is 5.96. The van der Waals surface area contributed by atoms with Gasteiger partial charge in [0, 0.05) is 18.2 Å². The van der Waals surface area contributed by atoms with E-state index < -0.39 is 6.10 Å². The average molecular weight is 255 g/mol. The number of rotatable bonds is 3. The van der Waals surface area contributed by atoms with Crippen molar-refractivity contribution in [2.75, 3.05) is 0 Å². The minimum Gasteiger partial charge on any atom is -0.380 e. The van der Waals surface area contributed by atoms with Gasteiger partial charge in [-0.15, -0.1) is 6.42 Å². The summed E-state index contributed by atoms with van der Waals surface area (Å²) in [7, 11) is 0. The van der Waals surface area contributed by atoms with Gasteiger partial charge in [-0.25, -0.2) is 4.39 Å². The van der Waals surface area contributed by atoms with Gasteiger partial charge in [-0.05, 0) is 36.2 Å². The fraction of sp³-hybridized carbons (Fsp3) is 0.188. The number of aryl methyl sites for hydroxylation is 1. The third-order valence-electron chi connectivity index (χ3n) is 2.84. The van der Waals surface area contributed by atoms with E-state index in [0.717, 1.165) is 5.56 Å². The van der Waals surface area contributed by atoms with Crippen molar-refractivity contribution in [3.63, 3.8) is 0 Å². The summed E-state index contributed by atoms with van der Waals surface area (Å²) in [6, 6.07) is 8.46. The van der Waals surface area contributed by atoms with Gasteiger partial charge in [0.25, 0.3) is 0 Å². The first-order chi connectivity index (χ1) is 9.10. The molecule has 0 radical (unpaired) electrons. The maximum absolute atomic E-state index is 14.0. The van der Waals surface area contributed by atoms with E-state index in [-0.39, 0.29) is 12.2 Å². The molecule has 0 amide bonds. The highest BCUT2D eigenvalue weighted by molar-refractivity contribution is 5.60. The van der Waals surface area contributed by atoms with E-state index in [1.54, 1.807) is 24.4 Å². The first-order valence-electron chi connectivity index (χ1n) is 5.96. The van der Waals surface area contributed by atoms with Crippen LogP contribution in [0, 0.1) is 25.1 Å². The van der Waals surface area contributed by atoms with Crippen LogP contribution in [0.1, 0.15) is 11.1 Å². The summed E-state index contributed by atoms with van der Waals surface area (Å²) in [5, 5.41) is 9.35. The smallest absolute Gasteiger partial charge is 0.132 e. The molecule has 1 aromatic heterocycles. The molecule has 2 nitrogen and oxygen atoms in total. The fourth-order valence-electron chi connectivity index (χ4n) is 1.80. The maximum atomic E-state index is 14.0. The minimum absolute atomic E-state index is 0.245. The zero-order valence-corrected chi connectivity index (χ0v) is 10.6. The molecule has 0 aliphatic heterocycles. The Balaban J connectivity index is 2.29. The van der Waals surface area contributed by atoms with Crippen molar-refractivity contribution in [2.24, 2.45) is 0 Å². The number of nitrogens with zero attached hydrogens (tertiary/aromatic N) is 1. The third-order valence-corrected chi connectivity index (χ3v) is 2.84. The van der Waals surface area contributed by atoms with Gasteiger partial charge in [-0.3, -0.25) is 4.98 Å². The van der Waals surface area contributed by atoms with Gasteiger partial charge in [0.05, 0.1) is 5.69 Å². The molecule has 19 heavy (non-hydrogen) atoms. The van der Waals surface area contributed by atoms with Crippen LogP contribution in [0.15, 0.2) is 36.5 Å². The second kappa shape index (κ2) is 5.64. The van der Waals surface area contributed by atoms with Crippen molar-refractivity contribution in [3.8, 4) is 23.6 Å². The number of aromatic nitrogens is 1. The van der Waals surface area contributed by atoms with Crippen LogP contribution in [-0.4, -0.2) is 16.2 Å². The van der Waals surface area contributed by atoms with Gasteiger partial charge >= 0.3 is 0 Å². The van der Waals surface area contributed by atoms with Crippen LogP contribution in [0.5, 0.6) is 0 Å². The predicted octanol–water partition coefficient (Wildman–Crippen LogP) is 2.73. The quantitative estimate of drug-likeness (QED) is 0.855. The van der Waals surface area contributed by atoms with Gasteiger partial charge in [-0.1, -0.05) is 18.1 Å². The number of benzene rings is 1. The molecule has 0 spiro atoms. The van der Waals surface area contributed by atoms with Crippen LogP contribution in [0.25, 0.3) is 11.3 Å². The van der Waals surface area contributed by atoms with Gasteiger partial charge in [0.2, 0.25) is 0 Å². The monoisotopic (exact) mass is 255 g/mol. The van der Waals surface area contributed by atoms with Crippen molar-refractivity contribution in [1.29, 1.82) is 0 Å². The third kappa shape index (κ3) is 3.18. The number of hydrogen-bond donors (Lipinski definition) is 1. The summed E-state index contributed by atoms with van der Waals surface area (Å²) in [6.45, 7) is 1.93. The molecule has 0 saturated carbocycles. The molecule has 1 atom stereocenters. The van der Waals surface area contributed by atoms with E-state index in [1.165, 1.54) is 6.07 Å². The second-order valence-corrected chi connectivity index (χ2v) is 4.42. The predicted molar refractivity (Wildman–Crippen MR) is 72.9 cm³/mol. The molecule has 1 N–H and O–H groups in total. The molecule has 96 valence electrons. The molecule has 0 bridgehead atoms. The lowest BCUT2D eigenvalue weighted by atomic mass is 10.0. The molecule has 1 aromatic carbocycles. The number of aliphatic hydroxyl groups excluding tert-OH is 1. The van der Waals surface area contributed by atoms with Crippen molar-refractivity contribution >= 4 is 0 Å². The van der Waals surface area contributed by atoms with Gasteiger partial charge < -0.3 is 5.11 Å². The maximum Gasteiger partial charge on any atom is 0.132 e. The number of halogens is 1. The summed E-state index contributed by atoms with van der Waals surface area (Å²) in [4.78, 5) is 4.19. The van der Waals surface area contributed by atoms with E-state index in [2.05, 4.69) is 10.9 Å². The van der Waals surface area contributed by atoms with E-state index >= 15 is 0 Å². The van der Waals surface area contributed by atoms with E-state index in [9.17, 15) is 9.50 Å². The first kappa shape index (κ1) is 13.3. The molecule has 0 fully saturated rings. The van der Waals surface area contributed by atoms with Crippen LogP contribution >= 0.6 is 0 Å². The van der Waals surface area contributed by atoms with E-state index in [1.807, 2.05) is 13.0 Å². The Morgan fingerprint density at radius 3 is 2.74 bits per heavy atom. The number of hydrogen-bond acceptors (Lipinski definition) is 2. The van der Waals surface area contributed by atoms with Crippen LogP contribution in [0.2, 0.25) is 0 Å². The molecule has 2 rings (SSSR count). The molecular formula is C16H14FNO. The van der Waals surface area contributed by atoms with Crippen molar-refractivity contribution < 1.29 is 9.50 Å². The Hall–Kier alpha value is -2.18. The van der Waals surface area contributed by atoms with Gasteiger partial charge in [0.15, 0.2) is 0 Å². The summed E-state index contributed by atoms with van der Waals surface area (Å²) in [5.74, 6) is 1.84. The molecule has 0 saturated heterocycles. The number of aliphatic hydroxyl groups is 1. The molecule has 3 heteroatoms. The van der Waals surface area contributed by atoms with Gasteiger partial charge in [0.1, 0.15) is 11.9 Å². The summed E-state index contributed by atoms with van der Waals surface area (Å²) in [5.41, 5.74) is 2.72. The van der Waals surface area contributed by atoms with Crippen LogP contribution < -0.4 is 0 Å². The Morgan fingerprint density at radius 2 is 2.16 bits per heavy atom. The Bertz CT molecular complexity index is 614. The SMILES string of the molecule is C#CC(O)Cc1ccc(-c2ccc(C)cn2)c(F)c1. The van der Waals surface area contributed by atoms with Crippen LogP contribution in [0.4, 0.5) is 4.39 Å². The van der Waals surface area contributed by atoms with Crippen LogP contribution in [-0.2, 0) is 6.42 Å². The van der Waals surface area contributed by atoms with Crippen molar-refractivity contribution in [3.05, 3.63) is 53.5 Å². The van der Waals surface area contributed by atoms with E-state index in [0.29, 0.717) is 16.8 Å². The van der Waals surface area contributed by atoms with Gasteiger partial charge in [-0.2, -0.15) is 0 Å². The summed E-state index contributed by atoms with van der Waals surface area (Å²) >= 11 is 0. The second-order valence-electron chi connectivity index (χ2n) is 4.42. The average Bonchev–Trinajstić information content (AvgIpc) is 2.40. The molecule has 1 unspecified atom stereocenters. The van der Waals surface area contributed by atoms with Crippen molar-refractivity contribution in [1.82, 2.24) is 4.98 Å². The molecule has 2 aromatic rings. The lowest BCUT2D eigenvalue weighted by Crippen LogP contribution is -2.07. The lowest BCUT2D eigenvalue weighted by molar-refractivity contribution is 0.233. The molecular weight excluding hydrogens is 241 g/mol. The topological polar surface area (TPSA) is 33.1 Å². The Labute approximate surface area is 111 Å². The minimum atomic E-state index is -0.886. The summed E-state index contributed by atoms with van der Waals surface area (Å²) < 4.78 is 14.0. The van der Waals surface area contributed by atoms with E-state index in [4.69, 9.17) is 6.42 Å². The standard InChI is InChI=1S/C16H14FNO/c1-3-13(19)8-12-5-6-14(15(17)9-12)16-7-4-11(2)10-18-16/h1,4-7,9-10,13,19H,8H2,2H3. The molecule has 1 heterocycles. The van der Waals surface area contributed by atoms with Crippen molar-refractivity contribution in [2.45, 2.75) is 19.4 Å². The highest BCUT2D eigenvalue weighted by atomic mass is 19.1. The summed E-state index contributed by atoms with van der Waals surface area (Å²) in [6.07, 6.45) is 6.15. The molecule has 0 aliphatic rings. The zero-order chi connectivity index (χ0) is 13.8. The lowest BCUT2D eigenvalue weighted by Gasteiger charge is -2.07. The normalized spacial score (nSPS) is 11.9. The molecule has 0 aliphatic carbocycles. The Morgan fingerprint density at radius 1 is 1.37 bits per heavy atom. The van der Waals surface area contributed by atoms with Crippen LogP contribution in [0.3, 0.4) is 0 Å². The largest absolute Gasteiger partial charge is 0.380 e. The fourth-order valence-corrected chi connectivity index (χ4v) is 1.80. The highest BCUT2D eigenvalue weighted by Crippen LogP contribution is 2.22. The highest BCUT2D eigenvalue weighted by Gasteiger charge is 2.09. The number of pyridine rings is 1. The number of terminal acetylenes is 1. The zero-order valence-electron chi connectivity index (χ0n) is 10.6.